The van der Waals surface area contributed by atoms with E-state index in [9.17, 15) is 0 Å². The molecule has 0 saturated carbocycles. The first-order valence-corrected chi connectivity index (χ1v) is 6.85. The molecule has 0 radical (unpaired) electrons. The number of rotatable bonds is 2. The number of ether oxygens (including phenoxy) is 1. The number of piperidine rings is 1. The van der Waals surface area contributed by atoms with Gasteiger partial charge >= 0.3 is 0 Å². The van der Waals surface area contributed by atoms with Crippen LogP contribution in [0, 0.1) is 5.92 Å². The molecule has 0 aromatic rings. The number of hydrogen-bond acceptors (Lipinski definition) is 3. The summed E-state index contributed by atoms with van der Waals surface area (Å²) in [6.45, 7) is 6.55. The largest absolute Gasteiger partial charge is 0.381 e. The lowest BCUT2D eigenvalue weighted by molar-refractivity contribution is 0.0939. The van der Waals surface area contributed by atoms with Crippen molar-refractivity contribution in [1.82, 2.24) is 4.90 Å². The Kier molecular flexibility index (Phi) is 4.62. The molecule has 0 aliphatic carbocycles. The van der Waals surface area contributed by atoms with Crippen LogP contribution >= 0.6 is 0 Å². The minimum atomic E-state index is 0.352. The lowest BCUT2D eigenvalue weighted by Gasteiger charge is -2.39. The normalized spacial score (nSPS) is 35.6. The third-order valence-electron chi connectivity index (χ3n) is 4.17. The molecule has 2 N–H and O–H groups in total. The van der Waals surface area contributed by atoms with Crippen molar-refractivity contribution in [3.8, 4) is 0 Å². The molecule has 16 heavy (non-hydrogen) atoms. The Balaban J connectivity index is 1.87. The molecule has 3 atom stereocenters. The Bertz CT molecular complexity index is 200. The fraction of sp³-hybridized carbons (Fsp3) is 1.00. The highest BCUT2D eigenvalue weighted by atomic mass is 16.5. The Morgan fingerprint density at radius 1 is 1.19 bits per heavy atom. The van der Waals surface area contributed by atoms with Gasteiger partial charge in [-0.25, -0.2) is 0 Å². The van der Waals surface area contributed by atoms with Gasteiger partial charge in [0.15, 0.2) is 0 Å². The molecule has 2 rings (SSSR count). The smallest absolute Gasteiger partial charge is 0.0480 e. The van der Waals surface area contributed by atoms with Crippen LogP contribution in [-0.4, -0.2) is 43.3 Å². The fourth-order valence-corrected chi connectivity index (χ4v) is 3.05. The van der Waals surface area contributed by atoms with Gasteiger partial charge in [0.2, 0.25) is 0 Å². The quantitative estimate of drug-likeness (QED) is 0.777. The van der Waals surface area contributed by atoms with Gasteiger partial charge in [-0.15, -0.1) is 0 Å². The summed E-state index contributed by atoms with van der Waals surface area (Å²) >= 11 is 0. The molecule has 2 saturated heterocycles. The molecule has 2 heterocycles. The summed E-state index contributed by atoms with van der Waals surface area (Å²) in [5.74, 6) is 0.706. The highest BCUT2D eigenvalue weighted by molar-refractivity contribution is 4.83. The monoisotopic (exact) mass is 226 g/mol. The van der Waals surface area contributed by atoms with E-state index in [1.165, 1.54) is 45.2 Å². The predicted octanol–water partition coefficient (Wildman–Crippen LogP) is 1.61. The topological polar surface area (TPSA) is 38.5 Å². The van der Waals surface area contributed by atoms with Crippen LogP contribution in [-0.2, 0) is 4.74 Å². The zero-order valence-corrected chi connectivity index (χ0v) is 10.5. The average molecular weight is 226 g/mol. The van der Waals surface area contributed by atoms with Gasteiger partial charge in [0.25, 0.3) is 0 Å². The molecule has 3 unspecified atom stereocenters. The molecule has 3 nitrogen and oxygen atoms in total. The lowest BCUT2D eigenvalue weighted by Crippen LogP contribution is -2.47. The second-order valence-corrected chi connectivity index (χ2v) is 5.45. The SMILES string of the molecule is CC(N)C1CCCN(C2CCCOCC2)C1. The van der Waals surface area contributed by atoms with Crippen LogP contribution in [0.25, 0.3) is 0 Å². The number of hydrogen-bond donors (Lipinski definition) is 1. The number of nitrogens with zero attached hydrogens (tertiary/aromatic N) is 1. The van der Waals surface area contributed by atoms with Crippen LogP contribution in [0.2, 0.25) is 0 Å². The van der Waals surface area contributed by atoms with Crippen molar-refractivity contribution in [2.75, 3.05) is 26.3 Å². The zero-order chi connectivity index (χ0) is 11.4. The molecule has 2 fully saturated rings. The van der Waals surface area contributed by atoms with Crippen LogP contribution in [0.1, 0.15) is 39.0 Å². The summed E-state index contributed by atoms with van der Waals surface area (Å²) in [6.07, 6.45) is 6.39. The average Bonchev–Trinajstić information content (AvgIpc) is 2.57. The first kappa shape index (κ1) is 12.3. The minimum absolute atomic E-state index is 0.352. The van der Waals surface area contributed by atoms with Gasteiger partial charge in [-0.1, -0.05) is 0 Å². The Morgan fingerprint density at radius 3 is 2.88 bits per heavy atom. The van der Waals surface area contributed by atoms with Crippen LogP contribution in [0.4, 0.5) is 0 Å². The van der Waals surface area contributed by atoms with E-state index >= 15 is 0 Å². The van der Waals surface area contributed by atoms with E-state index in [0.29, 0.717) is 12.0 Å². The van der Waals surface area contributed by atoms with Crippen molar-refractivity contribution in [1.29, 1.82) is 0 Å². The van der Waals surface area contributed by atoms with Gasteiger partial charge in [-0.2, -0.15) is 0 Å². The highest BCUT2D eigenvalue weighted by Gasteiger charge is 2.27. The first-order chi connectivity index (χ1) is 7.77. The molecule has 0 amide bonds. The standard InChI is InChI=1S/C13H26N2O/c1-11(14)12-4-2-7-15(10-12)13-5-3-8-16-9-6-13/h11-13H,2-10,14H2,1H3. The third kappa shape index (κ3) is 3.19. The lowest BCUT2D eigenvalue weighted by atomic mass is 9.90. The van der Waals surface area contributed by atoms with E-state index in [1.54, 1.807) is 0 Å². The molecule has 94 valence electrons. The summed E-state index contributed by atoms with van der Waals surface area (Å²) in [7, 11) is 0. The van der Waals surface area contributed by atoms with Crippen molar-refractivity contribution in [2.45, 2.75) is 51.1 Å². The Morgan fingerprint density at radius 2 is 2.06 bits per heavy atom. The van der Waals surface area contributed by atoms with Crippen LogP contribution in [0.3, 0.4) is 0 Å². The van der Waals surface area contributed by atoms with Gasteiger partial charge in [0.05, 0.1) is 0 Å². The molecule has 0 bridgehead atoms. The van der Waals surface area contributed by atoms with Crippen molar-refractivity contribution >= 4 is 0 Å². The fourth-order valence-electron chi connectivity index (χ4n) is 3.05. The molecular weight excluding hydrogens is 200 g/mol. The maximum Gasteiger partial charge on any atom is 0.0480 e. The minimum Gasteiger partial charge on any atom is -0.381 e. The summed E-state index contributed by atoms with van der Waals surface area (Å²) < 4.78 is 5.54. The van der Waals surface area contributed by atoms with Gasteiger partial charge < -0.3 is 10.5 Å². The second kappa shape index (κ2) is 5.99. The second-order valence-electron chi connectivity index (χ2n) is 5.45. The number of nitrogens with two attached hydrogens (primary N) is 1. The molecule has 2 aliphatic rings. The molecule has 0 aromatic heterocycles. The van der Waals surface area contributed by atoms with Crippen LogP contribution in [0.5, 0.6) is 0 Å². The first-order valence-electron chi connectivity index (χ1n) is 6.85. The Labute approximate surface area is 99.3 Å². The van der Waals surface area contributed by atoms with Gasteiger partial charge in [0.1, 0.15) is 0 Å². The third-order valence-corrected chi connectivity index (χ3v) is 4.17. The molecule has 2 aliphatic heterocycles. The summed E-state index contributed by atoms with van der Waals surface area (Å²) in [6, 6.07) is 1.11. The molecule has 0 spiro atoms. The van der Waals surface area contributed by atoms with Gasteiger partial charge in [-0.05, 0) is 51.5 Å². The van der Waals surface area contributed by atoms with Gasteiger partial charge in [0, 0.05) is 31.8 Å². The van der Waals surface area contributed by atoms with E-state index in [4.69, 9.17) is 10.5 Å². The Hall–Kier alpha value is -0.120. The zero-order valence-electron chi connectivity index (χ0n) is 10.5. The van der Waals surface area contributed by atoms with Crippen molar-refractivity contribution in [3.05, 3.63) is 0 Å². The summed E-state index contributed by atoms with van der Waals surface area (Å²) in [5, 5.41) is 0. The summed E-state index contributed by atoms with van der Waals surface area (Å²) in [5.41, 5.74) is 6.04. The molecule has 3 heteroatoms. The molecular formula is C13H26N2O. The highest BCUT2D eigenvalue weighted by Crippen LogP contribution is 2.24. The van der Waals surface area contributed by atoms with Crippen molar-refractivity contribution in [2.24, 2.45) is 11.7 Å². The van der Waals surface area contributed by atoms with Crippen LogP contribution in [0.15, 0.2) is 0 Å². The molecule has 0 aromatic carbocycles. The van der Waals surface area contributed by atoms with Crippen molar-refractivity contribution in [3.63, 3.8) is 0 Å². The van der Waals surface area contributed by atoms with E-state index < -0.39 is 0 Å². The van der Waals surface area contributed by atoms with E-state index in [1.807, 2.05) is 0 Å². The summed E-state index contributed by atoms with van der Waals surface area (Å²) in [4.78, 5) is 2.67. The van der Waals surface area contributed by atoms with E-state index in [0.717, 1.165) is 19.3 Å². The van der Waals surface area contributed by atoms with Crippen molar-refractivity contribution < 1.29 is 4.74 Å². The predicted molar refractivity (Wildman–Crippen MR) is 66.4 cm³/mol. The van der Waals surface area contributed by atoms with E-state index in [2.05, 4.69) is 11.8 Å². The van der Waals surface area contributed by atoms with Crippen LogP contribution < -0.4 is 5.73 Å². The van der Waals surface area contributed by atoms with Gasteiger partial charge in [-0.3, -0.25) is 4.90 Å². The van der Waals surface area contributed by atoms with E-state index in [-0.39, 0.29) is 0 Å². The number of likely N-dealkylation sites (tertiary alicyclic amines) is 1. The maximum absolute atomic E-state index is 6.04. The maximum atomic E-state index is 6.04.